The van der Waals surface area contributed by atoms with E-state index >= 15 is 0 Å². The first kappa shape index (κ1) is 13.2. The van der Waals surface area contributed by atoms with Gasteiger partial charge in [0.25, 0.3) is 5.69 Å². The SMILES string of the molecule is Cn1ncnc1SCC(=O)c1ccc([N+](=O)[O-])cc1. The summed E-state index contributed by atoms with van der Waals surface area (Å²) in [4.78, 5) is 25.9. The van der Waals surface area contributed by atoms with Crippen LogP contribution in [0.3, 0.4) is 0 Å². The lowest BCUT2D eigenvalue weighted by molar-refractivity contribution is -0.384. The van der Waals surface area contributed by atoms with E-state index < -0.39 is 4.92 Å². The summed E-state index contributed by atoms with van der Waals surface area (Å²) in [5, 5.41) is 15.0. The highest BCUT2D eigenvalue weighted by Gasteiger charge is 2.11. The van der Waals surface area contributed by atoms with Crippen molar-refractivity contribution in [3.8, 4) is 0 Å². The Kier molecular flexibility index (Phi) is 3.91. The molecular formula is C11H10N4O3S. The molecule has 8 heteroatoms. The highest BCUT2D eigenvalue weighted by Crippen LogP contribution is 2.17. The minimum absolute atomic E-state index is 0.0301. The number of nitro benzene ring substituents is 1. The number of nitro groups is 1. The van der Waals surface area contributed by atoms with E-state index in [-0.39, 0.29) is 17.2 Å². The van der Waals surface area contributed by atoms with Gasteiger partial charge < -0.3 is 0 Å². The van der Waals surface area contributed by atoms with Gasteiger partial charge in [0.1, 0.15) is 6.33 Å². The third-order valence-corrected chi connectivity index (χ3v) is 3.44. The fourth-order valence-electron chi connectivity index (χ4n) is 1.40. The van der Waals surface area contributed by atoms with E-state index in [9.17, 15) is 14.9 Å². The second kappa shape index (κ2) is 5.61. The van der Waals surface area contributed by atoms with Crippen molar-refractivity contribution in [3.63, 3.8) is 0 Å². The van der Waals surface area contributed by atoms with E-state index in [1.54, 1.807) is 11.7 Å². The minimum atomic E-state index is -0.497. The minimum Gasteiger partial charge on any atom is -0.293 e. The molecule has 0 unspecified atom stereocenters. The summed E-state index contributed by atoms with van der Waals surface area (Å²) in [6, 6.07) is 5.55. The molecule has 0 atom stereocenters. The Morgan fingerprint density at radius 2 is 2.11 bits per heavy atom. The number of nitrogens with zero attached hydrogens (tertiary/aromatic N) is 4. The zero-order chi connectivity index (χ0) is 13.8. The number of benzene rings is 1. The first-order chi connectivity index (χ1) is 9.08. The van der Waals surface area contributed by atoms with Crippen molar-refractivity contribution in [2.24, 2.45) is 7.05 Å². The van der Waals surface area contributed by atoms with Crippen molar-refractivity contribution in [1.82, 2.24) is 14.8 Å². The molecule has 2 aromatic rings. The highest BCUT2D eigenvalue weighted by atomic mass is 32.2. The van der Waals surface area contributed by atoms with E-state index in [1.807, 2.05) is 0 Å². The molecule has 0 aliphatic rings. The van der Waals surface area contributed by atoms with Gasteiger partial charge in [0.05, 0.1) is 10.7 Å². The lowest BCUT2D eigenvalue weighted by Crippen LogP contribution is -2.04. The van der Waals surface area contributed by atoms with Crippen LogP contribution in [0.25, 0.3) is 0 Å². The van der Waals surface area contributed by atoms with Crippen LogP contribution in [0, 0.1) is 10.1 Å². The molecule has 0 saturated carbocycles. The summed E-state index contributed by atoms with van der Waals surface area (Å²) in [6.45, 7) is 0. The van der Waals surface area contributed by atoms with Crippen LogP contribution in [0.2, 0.25) is 0 Å². The maximum absolute atomic E-state index is 11.9. The topological polar surface area (TPSA) is 90.9 Å². The molecule has 0 bridgehead atoms. The average Bonchev–Trinajstić information content (AvgIpc) is 2.81. The van der Waals surface area contributed by atoms with Crippen molar-refractivity contribution in [2.45, 2.75) is 5.16 Å². The first-order valence-corrected chi connectivity index (χ1v) is 6.31. The zero-order valence-corrected chi connectivity index (χ0v) is 10.8. The Hall–Kier alpha value is -2.22. The van der Waals surface area contributed by atoms with Crippen molar-refractivity contribution in [2.75, 3.05) is 5.75 Å². The molecule has 0 saturated heterocycles. The Labute approximate surface area is 112 Å². The number of rotatable bonds is 5. The molecule has 1 aromatic heterocycles. The Morgan fingerprint density at radius 1 is 1.42 bits per heavy atom. The van der Waals surface area contributed by atoms with Crippen molar-refractivity contribution < 1.29 is 9.72 Å². The average molecular weight is 278 g/mol. The molecule has 1 aromatic carbocycles. The number of carbonyl (C=O) groups excluding carboxylic acids is 1. The lowest BCUT2D eigenvalue weighted by atomic mass is 10.1. The zero-order valence-electron chi connectivity index (χ0n) is 10.0. The van der Waals surface area contributed by atoms with Gasteiger partial charge in [-0.2, -0.15) is 5.10 Å². The normalized spacial score (nSPS) is 10.4. The standard InChI is InChI=1S/C11H10N4O3S/c1-14-11(12-7-13-14)19-6-10(16)8-2-4-9(5-3-8)15(17)18/h2-5,7H,6H2,1H3. The van der Waals surface area contributed by atoms with Gasteiger partial charge in [0, 0.05) is 24.7 Å². The predicted octanol–water partition coefficient (Wildman–Crippen LogP) is 1.70. The molecule has 98 valence electrons. The summed E-state index contributed by atoms with van der Waals surface area (Å²) in [7, 11) is 1.74. The smallest absolute Gasteiger partial charge is 0.269 e. The van der Waals surface area contributed by atoms with Gasteiger partial charge in [-0.05, 0) is 12.1 Å². The molecule has 0 aliphatic carbocycles. The third-order valence-electron chi connectivity index (χ3n) is 2.40. The molecule has 0 radical (unpaired) electrons. The number of hydrogen-bond acceptors (Lipinski definition) is 6. The van der Waals surface area contributed by atoms with E-state index in [1.165, 1.54) is 42.4 Å². The van der Waals surface area contributed by atoms with Gasteiger partial charge in [0.15, 0.2) is 10.9 Å². The van der Waals surface area contributed by atoms with Crippen molar-refractivity contribution in [1.29, 1.82) is 0 Å². The maximum atomic E-state index is 11.9. The van der Waals surface area contributed by atoms with Crippen LogP contribution in [-0.4, -0.2) is 31.2 Å². The van der Waals surface area contributed by atoms with Crippen LogP contribution < -0.4 is 0 Å². The van der Waals surface area contributed by atoms with E-state index in [0.717, 1.165) is 0 Å². The van der Waals surface area contributed by atoms with Crippen molar-refractivity contribution >= 4 is 23.2 Å². The van der Waals surface area contributed by atoms with Crippen LogP contribution in [0.15, 0.2) is 35.7 Å². The summed E-state index contributed by atoms with van der Waals surface area (Å²) >= 11 is 1.27. The largest absolute Gasteiger partial charge is 0.293 e. The monoisotopic (exact) mass is 278 g/mol. The van der Waals surface area contributed by atoms with Gasteiger partial charge >= 0.3 is 0 Å². The molecular weight excluding hydrogens is 268 g/mol. The Bertz CT molecular complexity index is 609. The number of Topliss-reactive ketones (excluding diaryl/α,β-unsaturated/α-hetero) is 1. The van der Waals surface area contributed by atoms with Crippen molar-refractivity contribution in [3.05, 3.63) is 46.3 Å². The van der Waals surface area contributed by atoms with Gasteiger partial charge in [0.2, 0.25) is 0 Å². The fraction of sp³-hybridized carbons (Fsp3) is 0.182. The van der Waals surface area contributed by atoms with Crippen LogP contribution >= 0.6 is 11.8 Å². The molecule has 0 fully saturated rings. The van der Waals surface area contributed by atoms with Crippen LogP contribution in [0.4, 0.5) is 5.69 Å². The number of non-ortho nitro benzene ring substituents is 1. The van der Waals surface area contributed by atoms with E-state index in [0.29, 0.717) is 10.7 Å². The number of thioether (sulfide) groups is 1. The van der Waals surface area contributed by atoms with Crippen LogP contribution in [0.5, 0.6) is 0 Å². The molecule has 2 rings (SSSR count). The van der Waals surface area contributed by atoms with Gasteiger partial charge in [-0.3, -0.25) is 14.9 Å². The molecule has 7 nitrogen and oxygen atoms in total. The third kappa shape index (κ3) is 3.16. The van der Waals surface area contributed by atoms with Gasteiger partial charge in [-0.25, -0.2) is 9.67 Å². The summed E-state index contributed by atoms with van der Waals surface area (Å²) in [5.74, 6) is 0.104. The molecule has 0 aliphatic heterocycles. The Balaban J connectivity index is 2.00. The van der Waals surface area contributed by atoms with Gasteiger partial charge in [-0.1, -0.05) is 11.8 Å². The van der Waals surface area contributed by atoms with Crippen LogP contribution in [-0.2, 0) is 7.05 Å². The summed E-state index contributed by atoms with van der Waals surface area (Å²) < 4.78 is 1.58. The molecule has 19 heavy (non-hydrogen) atoms. The first-order valence-electron chi connectivity index (χ1n) is 5.32. The molecule has 0 spiro atoms. The molecule has 1 heterocycles. The second-order valence-electron chi connectivity index (χ2n) is 3.68. The number of ketones is 1. The van der Waals surface area contributed by atoms with Crippen LogP contribution in [0.1, 0.15) is 10.4 Å². The lowest BCUT2D eigenvalue weighted by Gasteiger charge is -2.00. The Morgan fingerprint density at radius 3 is 2.63 bits per heavy atom. The summed E-state index contributed by atoms with van der Waals surface area (Å²) in [6.07, 6.45) is 1.42. The number of aromatic nitrogens is 3. The summed E-state index contributed by atoms with van der Waals surface area (Å²) in [5.41, 5.74) is 0.415. The quantitative estimate of drug-likeness (QED) is 0.358. The second-order valence-corrected chi connectivity index (χ2v) is 4.62. The molecule has 0 amide bonds. The van der Waals surface area contributed by atoms with E-state index in [4.69, 9.17) is 0 Å². The van der Waals surface area contributed by atoms with Gasteiger partial charge in [-0.15, -0.1) is 0 Å². The van der Waals surface area contributed by atoms with E-state index in [2.05, 4.69) is 10.1 Å². The predicted molar refractivity (Wildman–Crippen MR) is 69.2 cm³/mol. The number of hydrogen-bond donors (Lipinski definition) is 0. The highest BCUT2D eigenvalue weighted by molar-refractivity contribution is 7.99. The fourth-order valence-corrected chi connectivity index (χ4v) is 2.18. The molecule has 0 N–H and O–H groups in total. The maximum Gasteiger partial charge on any atom is 0.269 e. The number of carbonyl (C=O) groups is 1. The number of aryl methyl sites for hydroxylation is 1.